The Kier molecular flexibility index (Phi) is 4.85. The van der Waals surface area contributed by atoms with Gasteiger partial charge in [-0.05, 0) is 24.3 Å². The van der Waals surface area contributed by atoms with Crippen molar-refractivity contribution in [2.75, 3.05) is 21.8 Å². The van der Waals surface area contributed by atoms with Gasteiger partial charge >= 0.3 is 0 Å². The second-order valence-corrected chi connectivity index (χ2v) is 9.37. The minimum atomic E-state index is 0.669. The minimum Gasteiger partial charge on any atom is -0.257 e. The van der Waals surface area contributed by atoms with Gasteiger partial charge in [0.1, 0.15) is 33.5 Å². The van der Waals surface area contributed by atoms with Crippen molar-refractivity contribution < 1.29 is 0 Å². The molecule has 6 rings (SSSR count). The molecule has 0 aromatic heterocycles. The maximum absolute atomic E-state index is 4.41. The van der Waals surface area contributed by atoms with Gasteiger partial charge in [0.2, 0.25) is 0 Å². The molecule has 2 N–H and O–H groups in total. The molecule has 32 heavy (non-hydrogen) atoms. The van der Waals surface area contributed by atoms with Crippen molar-refractivity contribution in [2.45, 2.75) is 0 Å². The standard InChI is InChI=1S/C20H16N10S2/c1-3-13-5-7-15-19(17(13)25-21-9-1)29(27-23-15)11-31-32-12-30-20-16(24-28-30)8-6-14-4-2-10-22-26-18(14)20/h1-10,27-28H,11-12H2. The molecule has 4 aliphatic heterocycles. The third-order valence-corrected chi connectivity index (χ3v) is 7.09. The normalized spacial score (nSPS) is 16.2. The molecule has 0 unspecified atom stereocenters. The van der Waals surface area contributed by atoms with E-state index in [0.717, 1.165) is 43.9 Å². The molecule has 0 amide bonds. The Hall–Kier alpha value is -3.64. The predicted molar refractivity (Wildman–Crippen MR) is 127 cm³/mol. The molecule has 2 aromatic rings. The summed E-state index contributed by atoms with van der Waals surface area (Å²) in [6.07, 6.45) is 11.1. The van der Waals surface area contributed by atoms with E-state index < -0.39 is 0 Å². The third-order valence-electron chi connectivity index (χ3n) is 5.06. The van der Waals surface area contributed by atoms with Crippen LogP contribution in [0.2, 0.25) is 0 Å². The van der Waals surface area contributed by atoms with Crippen LogP contribution in [-0.4, -0.2) is 11.8 Å². The zero-order chi connectivity index (χ0) is 21.3. The van der Waals surface area contributed by atoms with Crippen molar-refractivity contribution in [2.24, 2.45) is 30.7 Å². The molecule has 0 aliphatic carbocycles. The van der Waals surface area contributed by atoms with Crippen LogP contribution in [0.3, 0.4) is 0 Å². The van der Waals surface area contributed by atoms with Gasteiger partial charge in [0.25, 0.3) is 0 Å². The molecule has 0 spiro atoms. The number of fused-ring (bicyclic) bond motifs is 6. The maximum Gasteiger partial charge on any atom is 0.120 e. The second-order valence-electron chi connectivity index (χ2n) is 6.96. The highest BCUT2D eigenvalue weighted by Gasteiger charge is 2.22. The molecule has 0 saturated heterocycles. The molecule has 0 radical (unpaired) electrons. The van der Waals surface area contributed by atoms with Gasteiger partial charge in [0.05, 0.1) is 11.8 Å². The number of hydrogen-bond acceptors (Lipinski definition) is 12. The van der Waals surface area contributed by atoms with Crippen LogP contribution < -0.4 is 42.2 Å². The summed E-state index contributed by atoms with van der Waals surface area (Å²) in [5.41, 5.74) is 9.68. The third kappa shape index (κ3) is 3.33. The Labute approximate surface area is 189 Å². The van der Waals surface area contributed by atoms with Crippen LogP contribution in [0.5, 0.6) is 0 Å². The molecule has 12 heteroatoms. The summed E-state index contributed by atoms with van der Waals surface area (Å²) < 4.78 is 0. The van der Waals surface area contributed by atoms with Gasteiger partial charge in [0.15, 0.2) is 0 Å². The lowest BCUT2D eigenvalue weighted by Gasteiger charge is -2.21. The van der Waals surface area contributed by atoms with Crippen molar-refractivity contribution in [3.8, 4) is 0 Å². The van der Waals surface area contributed by atoms with Crippen molar-refractivity contribution in [3.05, 3.63) is 70.0 Å². The Balaban J connectivity index is 1.15. The summed E-state index contributed by atoms with van der Waals surface area (Å²) in [5, 5.41) is 33.5. The monoisotopic (exact) mass is 460 g/mol. The van der Waals surface area contributed by atoms with E-state index in [1.807, 2.05) is 58.6 Å². The number of rotatable bonds is 5. The van der Waals surface area contributed by atoms with Crippen LogP contribution in [0.1, 0.15) is 0 Å². The van der Waals surface area contributed by atoms with E-state index in [1.54, 1.807) is 34.0 Å². The van der Waals surface area contributed by atoms with E-state index in [1.165, 1.54) is 0 Å². The smallest absolute Gasteiger partial charge is 0.120 e. The van der Waals surface area contributed by atoms with E-state index in [4.69, 9.17) is 0 Å². The lowest BCUT2D eigenvalue weighted by Crippen LogP contribution is -2.33. The fourth-order valence-electron chi connectivity index (χ4n) is 3.61. The fourth-order valence-corrected chi connectivity index (χ4v) is 5.42. The summed E-state index contributed by atoms with van der Waals surface area (Å²) in [7, 11) is 3.39. The van der Waals surface area contributed by atoms with Gasteiger partial charge in [0, 0.05) is 22.8 Å². The van der Waals surface area contributed by atoms with Crippen LogP contribution in [0.25, 0.3) is 12.2 Å². The van der Waals surface area contributed by atoms with E-state index in [-0.39, 0.29) is 0 Å². The summed E-state index contributed by atoms with van der Waals surface area (Å²) in [6.45, 7) is 0. The Bertz CT molecular complexity index is 1350. The van der Waals surface area contributed by atoms with Gasteiger partial charge < -0.3 is 0 Å². The molecule has 10 nitrogen and oxygen atoms in total. The van der Waals surface area contributed by atoms with Crippen LogP contribution in [0, 0.1) is 0 Å². The highest BCUT2D eigenvalue weighted by molar-refractivity contribution is 8.76. The number of nitrogens with zero attached hydrogens (tertiary/aromatic N) is 8. The quantitative estimate of drug-likeness (QED) is 0.524. The average molecular weight is 461 g/mol. The number of benzene rings is 2. The molecule has 2 aromatic carbocycles. The van der Waals surface area contributed by atoms with Gasteiger partial charge in [-0.15, -0.1) is 10.2 Å². The molecule has 0 fully saturated rings. The van der Waals surface area contributed by atoms with Gasteiger partial charge in [-0.25, -0.2) is 11.1 Å². The molecule has 0 saturated carbocycles. The fraction of sp³-hybridized carbons (Fsp3) is 0.100. The van der Waals surface area contributed by atoms with Crippen LogP contribution in [0.15, 0.2) is 79.5 Å². The van der Waals surface area contributed by atoms with Gasteiger partial charge in [-0.2, -0.15) is 20.4 Å². The Morgan fingerprint density at radius 2 is 1.19 bits per heavy atom. The Morgan fingerprint density at radius 1 is 0.688 bits per heavy atom. The SMILES string of the molecule is C1=CN=Nc2c3c(ccc2=C1)=NNN3CSSCN1NN=c2ccc3c(c21)N=NC=CC=3. The van der Waals surface area contributed by atoms with Crippen molar-refractivity contribution in [1.82, 2.24) is 11.1 Å². The lowest BCUT2D eigenvalue weighted by molar-refractivity contribution is 0.735. The van der Waals surface area contributed by atoms with Crippen LogP contribution in [0.4, 0.5) is 22.7 Å². The number of hydrazine groups is 2. The molecule has 0 bridgehead atoms. The summed E-state index contributed by atoms with van der Waals surface area (Å²) in [6, 6.07) is 7.99. The summed E-state index contributed by atoms with van der Waals surface area (Å²) in [5.74, 6) is 1.34. The van der Waals surface area contributed by atoms with Crippen molar-refractivity contribution >= 4 is 56.5 Å². The average Bonchev–Trinajstić information content (AvgIpc) is 3.22. The molecule has 4 aliphatic rings. The first-order valence-electron chi connectivity index (χ1n) is 9.76. The number of nitrogens with one attached hydrogen (secondary N) is 2. The van der Waals surface area contributed by atoms with Gasteiger partial charge in [-0.3, -0.25) is 10.0 Å². The minimum absolute atomic E-state index is 0.669. The zero-order valence-corrected chi connectivity index (χ0v) is 18.2. The number of hydrogen-bond donors (Lipinski definition) is 2. The number of allylic oxidation sites excluding steroid dienone is 2. The molecular formula is C20H16N10S2. The van der Waals surface area contributed by atoms with Crippen LogP contribution >= 0.6 is 21.6 Å². The molecule has 4 heterocycles. The first-order chi connectivity index (χ1) is 15.9. The predicted octanol–water partition coefficient (Wildman–Crippen LogP) is 2.18. The first-order valence-corrected chi connectivity index (χ1v) is 12.2. The van der Waals surface area contributed by atoms with Crippen LogP contribution in [-0.2, 0) is 0 Å². The van der Waals surface area contributed by atoms with E-state index in [2.05, 4.69) is 41.7 Å². The topological polar surface area (TPSA) is 105 Å². The van der Waals surface area contributed by atoms with E-state index in [0.29, 0.717) is 11.8 Å². The first kappa shape index (κ1) is 19.1. The highest BCUT2D eigenvalue weighted by Crippen LogP contribution is 2.31. The van der Waals surface area contributed by atoms with E-state index in [9.17, 15) is 0 Å². The van der Waals surface area contributed by atoms with Crippen molar-refractivity contribution in [1.29, 1.82) is 0 Å². The number of anilines is 2. The largest absolute Gasteiger partial charge is 0.257 e. The lowest BCUT2D eigenvalue weighted by atomic mass is 10.2. The molecule has 0 atom stereocenters. The van der Waals surface area contributed by atoms with E-state index >= 15 is 0 Å². The molecule has 158 valence electrons. The second kappa shape index (κ2) is 8.13. The highest BCUT2D eigenvalue weighted by atomic mass is 33.1. The molecular weight excluding hydrogens is 444 g/mol. The van der Waals surface area contributed by atoms with Gasteiger partial charge in [-0.1, -0.05) is 45.9 Å². The van der Waals surface area contributed by atoms with Crippen molar-refractivity contribution in [3.63, 3.8) is 0 Å². The Morgan fingerprint density at radius 3 is 1.69 bits per heavy atom. The number of azo groups is 2. The summed E-state index contributed by atoms with van der Waals surface area (Å²) >= 11 is 0. The summed E-state index contributed by atoms with van der Waals surface area (Å²) in [4.78, 5) is 0. The maximum atomic E-state index is 4.41. The zero-order valence-electron chi connectivity index (χ0n) is 16.6.